The van der Waals surface area contributed by atoms with Crippen molar-refractivity contribution in [3.63, 3.8) is 0 Å². The van der Waals surface area contributed by atoms with Crippen LogP contribution in [0.3, 0.4) is 0 Å². The van der Waals surface area contributed by atoms with Gasteiger partial charge in [0, 0.05) is 23.7 Å². The summed E-state index contributed by atoms with van der Waals surface area (Å²) in [5.74, 6) is -2.37. The van der Waals surface area contributed by atoms with Crippen LogP contribution in [-0.2, 0) is 11.3 Å². The van der Waals surface area contributed by atoms with Crippen molar-refractivity contribution in [2.75, 3.05) is 13.7 Å². The largest absolute Gasteiger partial charge is 0.373 e. The molecule has 0 saturated heterocycles. The minimum Gasteiger partial charge on any atom is -0.373 e. The average Bonchev–Trinajstić information content (AvgIpc) is 3.08. The lowest BCUT2D eigenvalue weighted by Gasteiger charge is -2.33. The molecule has 3 heterocycles. The number of ether oxygens (including phenoxy) is 1. The molecule has 2 aromatic heterocycles. The Labute approximate surface area is 164 Å². The Balaban J connectivity index is 1.87. The quantitative estimate of drug-likeness (QED) is 0.636. The number of carbonyl (C=O) groups is 1. The maximum Gasteiger partial charge on any atom is 0.256 e. The van der Waals surface area contributed by atoms with Crippen LogP contribution in [0.15, 0.2) is 32.2 Å². The van der Waals surface area contributed by atoms with Crippen LogP contribution in [0, 0.1) is 11.6 Å². The van der Waals surface area contributed by atoms with Crippen LogP contribution in [0.2, 0.25) is 0 Å². The van der Waals surface area contributed by atoms with Gasteiger partial charge in [0.25, 0.3) is 11.5 Å². The zero-order chi connectivity index (χ0) is 19.3. The van der Waals surface area contributed by atoms with Crippen LogP contribution in [-0.4, -0.2) is 29.4 Å². The second kappa shape index (κ2) is 6.81. The predicted molar refractivity (Wildman–Crippen MR) is 101 cm³/mol. The van der Waals surface area contributed by atoms with Gasteiger partial charge in [-0.05, 0) is 39.5 Å². The van der Waals surface area contributed by atoms with Crippen molar-refractivity contribution in [2.45, 2.75) is 12.6 Å². The Kier molecular flexibility index (Phi) is 4.61. The normalized spacial score (nSPS) is 16.4. The Hall–Kier alpha value is -2.10. The lowest BCUT2D eigenvalue weighted by Crippen LogP contribution is -2.37. The Morgan fingerprint density at radius 2 is 2.00 bits per heavy atom. The highest BCUT2D eigenvalue weighted by molar-refractivity contribution is 9.11. The smallest absolute Gasteiger partial charge is 0.256 e. The number of benzene rings is 1. The third-order valence-electron chi connectivity index (χ3n) is 4.64. The molecule has 5 nitrogen and oxygen atoms in total. The van der Waals surface area contributed by atoms with Gasteiger partial charge in [-0.1, -0.05) is 0 Å². The van der Waals surface area contributed by atoms with Crippen LogP contribution in [0.5, 0.6) is 0 Å². The molecule has 27 heavy (non-hydrogen) atoms. The first kappa shape index (κ1) is 18.3. The van der Waals surface area contributed by atoms with E-state index in [9.17, 15) is 18.4 Å². The molecule has 0 spiro atoms. The molecule has 4 rings (SSSR count). The van der Waals surface area contributed by atoms with Gasteiger partial charge in [-0.15, -0.1) is 11.3 Å². The number of rotatable bonds is 2. The summed E-state index contributed by atoms with van der Waals surface area (Å²) in [6, 6.07) is 3.06. The van der Waals surface area contributed by atoms with E-state index in [-0.39, 0.29) is 29.9 Å². The van der Waals surface area contributed by atoms with Crippen LogP contribution >= 0.6 is 27.3 Å². The number of carbonyl (C=O) groups excluding carboxylic acids is 1. The molecule has 3 aromatic rings. The van der Waals surface area contributed by atoms with Crippen molar-refractivity contribution in [1.82, 2.24) is 9.88 Å². The molecule has 140 valence electrons. The van der Waals surface area contributed by atoms with E-state index in [1.54, 1.807) is 18.5 Å². The number of nitrogens with zero attached hydrogens (tertiary/aromatic N) is 1. The summed E-state index contributed by atoms with van der Waals surface area (Å²) >= 11 is 4.72. The summed E-state index contributed by atoms with van der Waals surface area (Å²) in [6.07, 6.45) is 0. The predicted octanol–water partition coefficient (Wildman–Crippen LogP) is 3.97. The first-order valence-corrected chi connectivity index (χ1v) is 9.67. The highest BCUT2D eigenvalue weighted by Crippen LogP contribution is 2.34. The molecule has 0 fully saturated rings. The fourth-order valence-electron chi connectivity index (χ4n) is 3.32. The Morgan fingerprint density at radius 3 is 2.67 bits per heavy atom. The molecule has 1 amide bonds. The molecular formula is C18H13BrF2N2O3S. The first-order chi connectivity index (χ1) is 12.9. The minimum atomic E-state index is -1.09. The molecule has 0 unspecified atom stereocenters. The average molecular weight is 455 g/mol. The number of halogens is 3. The van der Waals surface area contributed by atoms with E-state index < -0.39 is 23.2 Å². The van der Waals surface area contributed by atoms with E-state index in [4.69, 9.17) is 4.74 Å². The number of aromatic amines is 1. The summed E-state index contributed by atoms with van der Waals surface area (Å²) in [4.78, 5) is 29.3. The molecule has 1 N–H and O–H groups in total. The summed E-state index contributed by atoms with van der Waals surface area (Å²) in [6.45, 7) is 0.308. The number of pyridine rings is 1. The number of hydrogen-bond donors (Lipinski definition) is 1. The SMILES string of the molecule is CN(C(=O)c1csc(Br)c1)[C@H]1COCc2[nH]c(=O)c3cc(F)c(F)cc3c21. The highest BCUT2D eigenvalue weighted by Gasteiger charge is 2.31. The number of hydrogen-bond acceptors (Lipinski definition) is 4. The van der Waals surface area contributed by atoms with E-state index >= 15 is 0 Å². The summed E-state index contributed by atoms with van der Waals surface area (Å²) < 4.78 is 33.9. The summed E-state index contributed by atoms with van der Waals surface area (Å²) in [7, 11) is 1.62. The van der Waals surface area contributed by atoms with Crippen LogP contribution in [0.1, 0.15) is 27.7 Å². The van der Waals surface area contributed by atoms with E-state index in [0.717, 1.165) is 15.9 Å². The van der Waals surface area contributed by atoms with E-state index in [2.05, 4.69) is 20.9 Å². The van der Waals surface area contributed by atoms with Gasteiger partial charge in [0.1, 0.15) is 0 Å². The zero-order valence-corrected chi connectivity index (χ0v) is 16.4. The van der Waals surface area contributed by atoms with Gasteiger partial charge in [0.05, 0.1) is 34.0 Å². The number of likely N-dealkylation sites (N-methyl/N-ethyl adjacent to an activating group) is 1. The molecule has 0 aliphatic carbocycles. The number of aromatic nitrogens is 1. The topological polar surface area (TPSA) is 62.4 Å². The van der Waals surface area contributed by atoms with Crippen molar-refractivity contribution in [3.8, 4) is 0 Å². The Morgan fingerprint density at radius 1 is 1.30 bits per heavy atom. The molecular weight excluding hydrogens is 442 g/mol. The van der Waals surface area contributed by atoms with Gasteiger partial charge < -0.3 is 14.6 Å². The van der Waals surface area contributed by atoms with Gasteiger partial charge in [0.15, 0.2) is 11.6 Å². The molecule has 1 aliphatic rings. The Bertz CT molecular complexity index is 1130. The molecule has 1 aromatic carbocycles. The summed E-state index contributed by atoms with van der Waals surface area (Å²) in [5.41, 5.74) is 1.01. The van der Waals surface area contributed by atoms with Crippen molar-refractivity contribution in [3.05, 3.63) is 66.2 Å². The van der Waals surface area contributed by atoms with Crippen LogP contribution in [0.4, 0.5) is 8.78 Å². The lowest BCUT2D eigenvalue weighted by molar-refractivity contribution is 0.0336. The maximum atomic E-state index is 13.9. The standard InChI is InChI=1S/C18H13BrF2N2O3S/c1-23(18(25)8-2-15(19)27-7-8)14-6-26-5-13-16(14)9-3-11(20)12(21)4-10(9)17(24)22-13/h2-4,7,14H,5-6H2,1H3,(H,22,24)/t14-/m0/s1. The second-order valence-electron chi connectivity index (χ2n) is 6.24. The first-order valence-electron chi connectivity index (χ1n) is 7.99. The summed E-state index contributed by atoms with van der Waals surface area (Å²) in [5, 5.41) is 2.05. The molecule has 0 saturated carbocycles. The molecule has 1 aliphatic heterocycles. The number of amides is 1. The molecule has 0 bridgehead atoms. The van der Waals surface area contributed by atoms with Gasteiger partial charge in [-0.2, -0.15) is 0 Å². The van der Waals surface area contributed by atoms with Gasteiger partial charge >= 0.3 is 0 Å². The van der Waals surface area contributed by atoms with E-state index in [0.29, 0.717) is 16.8 Å². The molecule has 9 heteroatoms. The fourth-order valence-corrected chi connectivity index (χ4v) is 4.45. The van der Waals surface area contributed by atoms with Gasteiger partial charge in [0.2, 0.25) is 0 Å². The number of thiophene rings is 1. The minimum absolute atomic E-state index is 0.0404. The number of nitrogens with one attached hydrogen (secondary N) is 1. The van der Waals surface area contributed by atoms with Gasteiger partial charge in [-0.3, -0.25) is 9.59 Å². The van der Waals surface area contributed by atoms with Crippen molar-refractivity contribution in [2.24, 2.45) is 0 Å². The number of H-pyrrole nitrogens is 1. The number of fused-ring (bicyclic) bond motifs is 3. The van der Waals surface area contributed by atoms with Crippen molar-refractivity contribution in [1.29, 1.82) is 0 Å². The van der Waals surface area contributed by atoms with E-state index in [1.165, 1.54) is 16.2 Å². The molecule has 0 radical (unpaired) electrons. The fraction of sp³-hybridized carbons (Fsp3) is 0.222. The third-order valence-corrected chi connectivity index (χ3v) is 6.15. The molecule has 1 atom stereocenters. The van der Waals surface area contributed by atoms with Crippen LogP contribution < -0.4 is 5.56 Å². The van der Waals surface area contributed by atoms with Crippen LogP contribution in [0.25, 0.3) is 10.8 Å². The van der Waals surface area contributed by atoms with E-state index in [1.807, 2.05) is 0 Å². The maximum absolute atomic E-state index is 13.9. The van der Waals surface area contributed by atoms with Gasteiger partial charge in [-0.25, -0.2) is 8.78 Å². The highest BCUT2D eigenvalue weighted by atomic mass is 79.9. The second-order valence-corrected chi connectivity index (χ2v) is 8.54. The monoisotopic (exact) mass is 454 g/mol. The third kappa shape index (κ3) is 3.09. The van der Waals surface area contributed by atoms with Crippen molar-refractivity contribution >= 4 is 43.9 Å². The lowest BCUT2D eigenvalue weighted by atomic mass is 9.95. The van der Waals surface area contributed by atoms with Crippen molar-refractivity contribution < 1.29 is 18.3 Å². The zero-order valence-electron chi connectivity index (χ0n) is 14.0.